The summed E-state index contributed by atoms with van der Waals surface area (Å²) in [7, 11) is -1.46. The lowest BCUT2D eigenvalue weighted by Crippen LogP contribution is -2.35. The molecule has 3 heterocycles. The summed E-state index contributed by atoms with van der Waals surface area (Å²) in [4.78, 5) is 36.4. The van der Waals surface area contributed by atoms with Crippen LogP contribution < -0.4 is 5.32 Å². The zero-order valence-corrected chi connectivity index (χ0v) is 28.6. The summed E-state index contributed by atoms with van der Waals surface area (Å²) in [6, 6.07) is 0.256. The van der Waals surface area contributed by atoms with E-state index in [4.69, 9.17) is 58.5 Å². The largest absolute Gasteiger partial charge is 0.510 e. The van der Waals surface area contributed by atoms with Gasteiger partial charge in [0.05, 0.1) is 32.7 Å². The van der Waals surface area contributed by atoms with Crippen LogP contribution in [-0.4, -0.2) is 140 Å². The second-order valence-electron chi connectivity index (χ2n) is 10.8. The van der Waals surface area contributed by atoms with Crippen molar-refractivity contribution in [2.45, 2.75) is 62.7 Å². The van der Waals surface area contributed by atoms with Crippen LogP contribution in [0, 0.1) is 0 Å². The molecule has 1 saturated heterocycles. The van der Waals surface area contributed by atoms with E-state index in [0.29, 0.717) is 17.0 Å². The van der Waals surface area contributed by atoms with Crippen LogP contribution in [0.4, 0.5) is 15.4 Å². The van der Waals surface area contributed by atoms with E-state index in [1.54, 1.807) is 4.57 Å². The first-order valence-corrected chi connectivity index (χ1v) is 17.4. The number of aromatic nitrogens is 4. The molecule has 0 radical (unpaired) electrons. The van der Waals surface area contributed by atoms with Crippen molar-refractivity contribution < 1.29 is 71.3 Å². The van der Waals surface area contributed by atoms with Gasteiger partial charge in [-0.1, -0.05) is 12.8 Å². The van der Waals surface area contributed by atoms with Gasteiger partial charge in [-0.3, -0.25) is 13.6 Å². The Labute approximate surface area is 286 Å². The molecule has 276 valence electrons. The summed E-state index contributed by atoms with van der Waals surface area (Å²) in [5, 5.41) is 24.9. The first kappa shape index (κ1) is 38.9. The van der Waals surface area contributed by atoms with Crippen LogP contribution in [0.15, 0.2) is 6.33 Å². The number of anilines is 1. The van der Waals surface area contributed by atoms with E-state index in [-0.39, 0.29) is 50.9 Å². The van der Waals surface area contributed by atoms with Crippen molar-refractivity contribution in [3.63, 3.8) is 0 Å². The molecule has 2 aliphatic rings. The second-order valence-corrected chi connectivity index (χ2v) is 13.1. The summed E-state index contributed by atoms with van der Waals surface area (Å²) >= 11 is 6.21. The number of ether oxygens (including phenoxy) is 8. The van der Waals surface area contributed by atoms with E-state index >= 15 is 0 Å². The molecule has 49 heavy (non-hydrogen) atoms. The maximum Gasteiger partial charge on any atom is 0.510 e. The molecule has 2 fully saturated rings. The number of hydrogen-bond acceptors (Lipinski definition) is 19. The summed E-state index contributed by atoms with van der Waals surface area (Å²) in [5.41, 5.74) is 0.912. The van der Waals surface area contributed by atoms with Crippen LogP contribution in [0.3, 0.4) is 0 Å². The number of imidazole rings is 1. The molecule has 2 unspecified atom stereocenters. The van der Waals surface area contributed by atoms with Crippen LogP contribution in [-0.2, 0) is 58.1 Å². The van der Waals surface area contributed by atoms with Gasteiger partial charge in [0.1, 0.15) is 44.0 Å². The van der Waals surface area contributed by atoms with Gasteiger partial charge in [0, 0.05) is 20.3 Å². The fourth-order valence-electron chi connectivity index (χ4n) is 4.93. The van der Waals surface area contributed by atoms with Crippen molar-refractivity contribution in [3.05, 3.63) is 11.6 Å². The standard InChI is InChI=1S/C27H41ClN5O15P/c1-39-7-9-42-26(36)44-14-46-49(38,47-15-45-27(37)43-10-8-40-2)16-41-12-19-22(35)21(34)18(48-19)11-33-13-29-20-23(30-17-5-3-4-6-17)31-25(28)32-24(20)33/h13,17-19,21-22,34-35H,3-12,14-16H2,1-2H3,(H,30,31,32)/t18?,19?,21-,22+/m0/s1. The number of nitrogens with zero attached hydrogens (tertiary/aromatic N) is 4. The number of aliphatic hydroxyl groups excluding tert-OH is 2. The molecule has 22 heteroatoms. The number of carbonyl (C=O) groups is 2. The molecule has 1 saturated carbocycles. The predicted octanol–water partition coefficient (Wildman–Crippen LogP) is 2.04. The van der Waals surface area contributed by atoms with Crippen molar-refractivity contribution in [3.8, 4) is 0 Å². The lowest BCUT2D eigenvalue weighted by molar-refractivity contribution is -0.0504. The SMILES string of the molecule is COCCOC(=O)OCOP(=O)(COCC1OC(Cn2cnc3c(NC4CCCC4)nc(Cl)nc32)[C@H](O)[C@@H]1O)OCOC(=O)OCCOC. The van der Waals surface area contributed by atoms with Crippen molar-refractivity contribution >= 4 is 48.5 Å². The quantitative estimate of drug-likeness (QED) is 0.0578. The number of rotatable bonds is 20. The summed E-state index contributed by atoms with van der Waals surface area (Å²) in [6.07, 6.45) is -1.98. The summed E-state index contributed by atoms with van der Waals surface area (Å²) < 4.78 is 64.9. The number of hydrogen-bond donors (Lipinski definition) is 3. The van der Waals surface area contributed by atoms with Gasteiger partial charge in [-0.2, -0.15) is 9.97 Å². The Bertz CT molecular complexity index is 1370. The first-order chi connectivity index (χ1) is 23.6. The number of methoxy groups -OCH3 is 2. The topological polar surface area (TPSA) is 240 Å². The molecule has 20 nitrogen and oxygen atoms in total. The Kier molecular flexibility index (Phi) is 15.5. The highest BCUT2D eigenvalue weighted by Gasteiger charge is 2.43. The molecule has 2 aromatic heterocycles. The van der Waals surface area contributed by atoms with Crippen molar-refractivity contribution in [2.75, 3.05) is 72.5 Å². The minimum atomic E-state index is -4.28. The molecule has 1 aliphatic heterocycles. The zero-order chi connectivity index (χ0) is 35.2. The second kappa shape index (κ2) is 19.5. The third-order valence-electron chi connectivity index (χ3n) is 7.37. The van der Waals surface area contributed by atoms with Gasteiger partial charge in [0.2, 0.25) is 18.9 Å². The predicted molar refractivity (Wildman–Crippen MR) is 166 cm³/mol. The number of aliphatic hydroxyl groups is 2. The molecule has 1 aliphatic carbocycles. The van der Waals surface area contributed by atoms with Gasteiger partial charge in [0.15, 0.2) is 17.0 Å². The van der Waals surface area contributed by atoms with Crippen molar-refractivity contribution in [1.82, 2.24) is 19.5 Å². The Morgan fingerprint density at radius 2 is 1.57 bits per heavy atom. The van der Waals surface area contributed by atoms with Crippen LogP contribution in [0.1, 0.15) is 25.7 Å². The first-order valence-electron chi connectivity index (χ1n) is 15.3. The average molecular weight is 742 g/mol. The van der Waals surface area contributed by atoms with E-state index in [9.17, 15) is 24.4 Å². The fraction of sp³-hybridized carbons (Fsp3) is 0.741. The summed E-state index contributed by atoms with van der Waals surface area (Å²) in [5.74, 6) is 0.510. The van der Waals surface area contributed by atoms with E-state index in [2.05, 4.69) is 20.3 Å². The van der Waals surface area contributed by atoms with Crippen LogP contribution in [0.5, 0.6) is 0 Å². The van der Waals surface area contributed by atoms with Gasteiger partial charge in [-0.25, -0.2) is 14.6 Å². The van der Waals surface area contributed by atoms with Crippen LogP contribution >= 0.6 is 19.2 Å². The lowest BCUT2D eigenvalue weighted by Gasteiger charge is -2.20. The third kappa shape index (κ3) is 11.8. The maximum atomic E-state index is 13.3. The Hall–Kier alpha value is -2.91. The van der Waals surface area contributed by atoms with Gasteiger partial charge in [-0.05, 0) is 24.4 Å². The average Bonchev–Trinajstić information content (AvgIpc) is 3.79. The minimum Gasteiger partial charge on any atom is -0.432 e. The normalized spacial score (nSPS) is 21.2. The van der Waals surface area contributed by atoms with E-state index in [1.165, 1.54) is 20.5 Å². The molecule has 4 atom stereocenters. The third-order valence-corrected chi connectivity index (χ3v) is 9.03. The fourth-order valence-corrected chi connectivity index (χ4v) is 6.07. The molecule has 3 N–H and O–H groups in total. The molecule has 0 amide bonds. The number of carbonyl (C=O) groups excluding carboxylic acids is 2. The van der Waals surface area contributed by atoms with E-state index < -0.39 is 64.3 Å². The molecule has 4 rings (SSSR count). The van der Waals surface area contributed by atoms with Crippen molar-refractivity contribution in [2.24, 2.45) is 0 Å². The van der Waals surface area contributed by atoms with E-state index in [0.717, 1.165) is 25.7 Å². The van der Waals surface area contributed by atoms with Crippen LogP contribution in [0.2, 0.25) is 5.28 Å². The van der Waals surface area contributed by atoms with Crippen molar-refractivity contribution in [1.29, 1.82) is 0 Å². The van der Waals surface area contributed by atoms with Gasteiger partial charge in [0.25, 0.3) is 0 Å². The Balaban J connectivity index is 1.31. The molecular weight excluding hydrogens is 701 g/mol. The number of halogens is 1. The number of nitrogens with one attached hydrogen (secondary N) is 1. The molecule has 2 aromatic rings. The van der Waals surface area contributed by atoms with Crippen LogP contribution in [0.25, 0.3) is 11.2 Å². The van der Waals surface area contributed by atoms with Gasteiger partial charge >= 0.3 is 19.9 Å². The number of fused-ring (bicyclic) bond motifs is 1. The van der Waals surface area contributed by atoms with E-state index in [1.807, 2.05) is 0 Å². The van der Waals surface area contributed by atoms with Gasteiger partial charge < -0.3 is 58.0 Å². The Morgan fingerprint density at radius 3 is 2.18 bits per heavy atom. The lowest BCUT2D eigenvalue weighted by atomic mass is 10.1. The molecule has 0 spiro atoms. The smallest absolute Gasteiger partial charge is 0.432 e. The Morgan fingerprint density at radius 1 is 0.959 bits per heavy atom. The molecule has 0 bridgehead atoms. The van der Waals surface area contributed by atoms with Gasteiger partial charge in [-0.15, -0.1) is 0 Å². The zero-order valence-electron chi connectivity index (χ0n) is 27.0. The highest BCUT2D eigenvalue weighted by atomic mass is 35.5. The maximum absolute atomic E-state index is 13.3. The summed E-state index contributed by atoms with van der Waals surface area (Å²) in [6.45, 7) is -2.04. The monoisotopic (exact) mass is 741 g/mol. The highest BCUT2D eigenvalue weighted by Crippen LogP contribution is 2.48. The highest BCUT2D eigenvalue weighted by molar-refractivity contribution is 7.53. The molecule has 0 aromatic carbocycles. The minimum absolute atomic E-state index is 0.0181. The molecular formula is C27H41ClN5O15P.